The standard InChI is InChI=1S/C8H8N2PS2.Al.4ClH/c1-12-8-9-10(11-13-8)7-5-3-2-4-6-7;;;;;/h2-6H,1H3;;4*1H/q+1;+3;;;;/p-4. The van der Waals surface area contributed by atoms with E-state index in [2.05, 4.69) is 23.5 Å². The molecule has 0 saturated heterocycles. The first-order chi connectivity index (χ1) is 8.40. The highest BCUT2D eigenvalue weighted by molar-refractivity contribution is 8.02. The second-order valence-corrected chi connectivity index (χ2v) is 18.9. The van der Waals surface area contributed by atoms with Crippen LogP contribution >= 0.6 is 70.4 Å². The van der Waals surface area contributed by atoms with E-state index >= 15 is 0 Å². The Morgan fingerprint density at radius 2 is 1.78 bits per heavy atom. The van der Waals surface area contributed by atoms with Gasteiger partial charge >= 0.3 is 16.9 Å². The van der Waals surface area contributed by atoms with Gasteiger partial charge in [0.2, 0.25) is 10.0 Å². The first kappa shape index (κ1) is 17.3. The van der Waals surface area contributed by atoms with Crippen molar-refractivity contribution in [3.63, 3.8) is 0 Å². The van der Waals surface area contributed by atoms with Crippen molar-refractivity contribution >= 4 is 79.8 Å². The molecule has 1 heterocycles. The Morgan fingerprint density at radius 1 is 1.22 bits per heavy atom. The number of hydrogen-bond donors (Lipinski definition) is 0. The fraction of sp³-hybridized carbons (Fsp3) is 0.125. The molecule has 2 nitrogen and oxygen atoms in total. The molecule has 0 aliphatic heterocycles. The highest BCUT2D eigenvalue weighted by Gasteiger charge is 2.15. The van der Waals surface area contributed by atoms with Crippen molar-refractivity contribution in [3.8, 4) is 5.69 Å². The fourth-order valence-corrected chi connectivity index (χ4v) is 4.05. The molecule has 0 saturated carbocycles. The molecule has 1 aromatic heterocycles. The van der Waals surface area contributed by atoms with Gasteiger partial charge in [-0.25, -0.2) is 0 Å². The number of aromatic nitrogens is 2. The zero-order chi connectivity index (χ0) is 13.6. The normalized spacial score (nSPS) is 11.2. The zero-order valence-electron chi connectivity index (χ0n) is 9.13. The molecule has 0 atom stereocenters. The first-order valence-corrected chi connectivity index (χ1v) is 15.1. The van der Waals surface area contributed by atoms with Crippen LogP contribution in [0.5, 0.6) is 0 Å². The van der Waals surface area contributed by atoms with E-state index in [1.807, 2.05) is 22.6 Å². The van der Waals surface area contributed by atoms with Crippen molar-refractivity contribution in [1.29, 1.82) is 0 Å². The second-order valence-electron chi connectivity index (χ2n) is 2.86. The topological polar surface area (TPSA) is 16.8 Å². The smallest absolute Gasteiger partial charge is 0.391 e. The van der Waals surface area contributed by atoms with Gasteiger partial charge in [-0.15, -0.1) is 0 Å². The second kappa shape index (κ2) is 8.52. The van der Waals surface area contributed by atoms with Crippen LogP contribution in [0.4, 0.5) is 0 Å². The molecule has 0 aliphatic carbocycles. The molecular weight excluding hydrogens is 388 g/mol. The lowest BCUT2D eigenvalue weighted by Crippen LogP contribution is -2.27. The summed E-state index contributed by atoms with van der Waals surface area (Å²) in [7, 11) is 20.0. The van der Waals surface area contributed by atoms with Crippen molar-refractivity contribution in [1.82, 2.24) is 5.10 Å². The Bertz CT molecular complexity index is 473. The summed E-state index contributed by atoms with van der Waals surface area (Å²) in [4.78, 5) is 0. The lowest BCUT2D eigenvalue weighted by Gasteiger charge is -1.97. The van der Waals surface area contributed by atoms with E-state index < -0.39 is 9.39 Å². The van der Waals surface area contributed by atoms with Crippen LogP contribution in [-0.4, -0.2) is 20.7 Å². The monoisotopic (exact) mass is 394 g/mol. The van der Waals surface area contributed by atoms with Crippen LogP contribution in [0.15, 0.2) is 34.7 Å². The Labute approximate surface area is 135 Å². The molecule has 10 heteroatoms. The number of rotatable bonds is 2. The van der Waals surface area contributed by atoms with Crippen LogP contribution in [-0.2, 0) is 0 Å². The van der Waals surface area contributed by atoms with Gasteiger partial charge in [0.15, 0.2) is 0 Å². The van der Waals surface area contributed by atoms with Crippen LogP contribution < -0.4 is 4.44 Å². The highest BCUT2D eigenvalue weighted by atomic mass is 35.9. The number of para-hydroxylation sites is 1. The van der Waals surface area contributed by atoms with Crippen molar-refractivity contribution in [2.24, 2.45) is 0 Å². The van der Waals surface area contributed by atoms with Crippen LogP contribution in [0.3, 0.4) is 0 Å². The van der Waals surface area contributed by atoms with Crippen molar-refractivity contribution in [2.75, 3.05) is 6.26 Å². The number of hydrogen-bond acceptors (Lipinski definition) is 3. The van der Waals surface area contributed by atoms with Gasteiger partial charge in [0.25, 0.3) is 0 Å². The lowest BCUT2D eigenvalue weighted by molar-refractivity contribution is -0.589. The summed E-state index contributed by atoms with van der Waals surface area (Å²) < 4.78 is 3.13. The van der Waals surface area contributed by atoms with Crippen LogP contribution in [0.25, 0.3) is 5.69 Å². The molecule has 18 heavy (non-hydrogen) atoms. The average molecular weight is 396 g/mol. The van der Waals surface area contributed by atoms with Gasteiger partial charge in [0, 0.05) is 17.2 Å². The minimum absolute atomic E-state index is 1.13. The van der Waals surface area contributed by atoms with Gasteiger partial charge in [-0.2, -0.15) is 0 Å². The molecule has 2 rings (SSSR count). The van der Waals surface area contributed by atoms with E-state index in [0.29, 0.717) is 0 Å². The summed E-state index contributed by atoms with van der Waals surface area (Å²) in [5.41, 5.74) is 1.15. The maximum Gasteiger partial charge on any atom is 0.564 e. The number of nitrogens with zero attached hydrogens (tertiary/aromatic N) is 2. The summed E-state index contributed by atoms with van der Waals surface area (Å²) in [5.74, 6) is 0. The zero-order valence-corrected chi connectivity index (χ0v) is 15.8. The van der Waals surface area contributed by atoms with Gasteiger partial charge in [0.1, 0.15) is 0 Å². The molecule has 0 N–H and O–H groups in total. The summed E-state index contributed by atoms with van der Waals surface area (Å²) in [5, 5.41) is 4.44. The van der Waals surface area contributed by atoms with Crippen LogP contribution in [0.1, 0.15) is 0 Å². The third kappa shape index (κ3) is 7.75. The lowest BCUT2D eigenvalue weighted by atomic mass is 10.3. The summed E-state index contributed by atoms with van der Waals surface area (Å²) in [6.07, 6.45) is 2.05. The summed E-state index contributed by atoms with van der Waals surface area (Å²) >= 11 is 1.70. The van der Waals surface area contributed by atoms with Crippen molar-refractivity contribution < 1.29 is 4.44 Å². The predicted molar refractivity (Wildman–Crippen MR) is 87.1 cm³/mol. The van der Waals surface area contributed by atoms with Crippen LogP contribution in [0, 0.1) is 0 Å². The Morgan fingerprint density at radius 3 is 2.22 bits per heavy atom. The third-order valence-corrected chi connectivity index (χ3v) is 5.11. The molecular formula is C8H8AlCl4N2PS2. The molecule has 0 aliphatic rings. The average Bonchev–Trinajstić information content (AvgIpc) is 2.76. The van der Waals surface area contributed by atoms with E-state index in [-0.39, 0.29) is 0 Å². The maximum atomic E-state index is 4.99. The van der Waals surface area contributed by atoms with E-state index in [1.165, 1.54) is 7.53 Å². The van der Waals surface area contributed by atoms with Gasteiger partial charge in [-0.05, 0) is 21.6 Å². The molecule has 0 spiro atoms. The minimum atomic E-state index is -2.94. The third-order valence-electron chi connectivity index (χ3n) is 1.53. The van der Waals surface area contributed by atoms with Crippen molar-refractivity contribution in [2.45, 2.75) is 4.34 Å². The van der Waals surface area contributed by atoms with E-state index in [1.54, 1.807) is 22.7 Å². The SMILES string of the molecule is CSc1n[n+](-c2ccccc2)ps1.[Cl][Al-]([Cl])([Cl])[Cl]. The summed E-state index contributed by atoms with van der Waals surface area (Å²) in [6.45, 7) is 0. The quantitative estimate of drug-likeness (QED) is 0.519. The molecule has 0 radical (unpaired) electrons. The number of thioether (sulfide) groups is 1. The van der Waals surface area contributed by atoms with E-state index in [9.17, 15) is 0 Å². The largest absolute Gasteiger partial charge is 0.564 e. The van der Waals surface area contributed by atoms with Gasteiger partial charge in [0.05, 0.1) is 0 Å². The Balaban J connectivity index is 0.000000280. The molecule has 2 aromatic rings. The van der Waals surface area contributed by atoms with Crippen molar-refractivity contribution in [3.05, 3.63) is 30.3 Å². The number of benzene rings is 1. The van der Waals surface area contributed by atoms with Gasteiger partial charge < -0.3 is 40.2 Å². The predicted octanol–water partition coefficient (Wildman–Crippen LogP) is 5.10. The van der Waals surface area contributed by atoms with Gasteiger partial charge in [-0.1, -0.05) is 30.0 Å². The molecule has 0 bridgehead atoms. The molecule has 98 valence electrons. The highest BCUT2D eigenvalue weighted by Crippen LogP contribution is 2.23. The van der Waals surface area contributed by atoms with Gasteiger partial charge in [-0.3, -0.25) is 0 Å². The Hall–Kier alpha value is 1.25. The Kier molecular flexibility index (Phi) is 8.19. The van der Waals surface area contributed by atoms with Crippen LogP contribution in [0.2, 0.25) is 0 Å². The maximum absolute atomic E-state index is 4.99. The fourth-order valence-electron chi connectivity index (χ4n) is 0.932. The minimum Gasteiger partial charge on any atom is -0.391 e. The first-order valence-electron chi connectivity index (χ1n) is 4.63. The molecule has 0 unspecified atom stereocenters. The van der Waals surface area contributed by atoms with E-state index in [4.69, 9.17) is 40.2 Å². The molecule has 1 aromatic carbocycles. The summed E-state index contributed by atoms with van der Waals surface area (Å²) in [6, 6.07) is 10.2. The number of halogens is 4. The molecule has 0 amide bonds. The molecule has 0 fully saturated rings. The van der Waals surface area contributed by atoms with E-state index in [0.717, 1.165) is 10.0 Å².